The largest absolute Gasteiger partial charge is 0.461 e. The molecular formula is C13H14ClN3O2. The van der Waals surface area contributed by atoms with Gasteiger partial charge in [0.15, 0.2) is 5.69 Å². The first-order valence-electron chi connectivity index (χ1n) is 5.90. The summed E-state index contributed by atoms with van der Waals surface area (Å²) in [6.45, 7) is 5.77. The van der Waals surface area contributed by atoms with Gasteiger partial charge in [-0.3, -0.25) is 0 Å². The van der Waals surface area contributed by atoms with Crippen molar-refractivity contribution in [3.05, 3.63) is 40.2 Å². The Morgan fingerprint density at radius 1 is 1.42 bits per heavy atom. The van der Waals surface area contributed by atoms with Gasteiger partial charge in [0.2, 0.25) is 0 Å². The normalized spacial score (nSPS) is 10.5. The Labute approximate surface area is 116 Å². The van der Waals surface area contributed by atoms with Gasteiger partial charge in [-0.05, 0) is 38.5 Å². The van der Waals surface area contributed by atoms with E-state index in [1.54, 1.807) is 30.7 Å². The predicted molar refractivity (Wildman–Crippen MR) is 71.8 cm³/mol. The predicted octanol–water partition coefficient (Wildman–Crippen LogP) is 2.71. The minimum Gasteiger partial charge on any atom is -0.461 e. The zero-order valence-corrected chi connectivity index (χ0v) is 11.7. The molecule has 0 unspecified atom stereocenters. The van der Waals surface area contributed by atoms with Gasteiger partial charge in [0.25, 0.3) is 0 Å². The molecule has 0 fully saturated rings. The molecule has 5 nitrogen and oxygen atoms in total. The van der Waals surface area contributed by atoms with Crippen molar-refractivity contribution >= 4 is 17.6 Å². The summed E-state index contributed by atoms with van der Waals surface area (Å²) in [5, 5.41) is 8.48. The lowest BCUT2D eigenvalue weighted by molar-refractivity contribution is 0.0518. The average molecular weight is 280 g/mol. The maximum Gasteiger partial charge on any atom is 0.360 e. The van der Waals surface area contributed by atoms with Crippen LogP contribution in [0.5, 0.6) is 0 Å². The van der Waals surface area contributed by atoms with Gasteiger partial charge in [0.05, 0.1) is 18.0 Å². The summed E-state index contributed by atoms with van der Waals surface area (Å²) in [4.78, 5) is 11.7. The molecule has 0 aliphatic carbocycles. The van der Waals surface area contributed by atoms with Crippen molar-refractivity contribution in [3.63, 3.8) is 0 Å². The highest BCUT2D eigenvalue weighted by Gasteiger charge is 2.19. The second kappa shape index (κ2) is 5.40. The van der Waals surface area contributed by atoms with Gasteiger partial charge in [-0.2, -0.15) is 0 Å². The number of carbonyl (C=O) groups is 1. The molecule has 1 aromatic carbocycles. The lowest BCUT2D eigenvalue weighted by atomic mass is 10.2. The third kappa shape index (κ3) is 2.61. The van der Waals surface area contributed by atoms with E-state index >= 15 is 0 Å². The van der Waals surface area contributed by atoms with E-state index in [1.165, 1.54) is 0 Å². The number of benzene rings is 1. The monoisotopic (exact) mass is 279 g/mol. The molecule has 0 aliphatic heterocycles. The van der Waals surface area contributed by atoms with Crippen molar-refractivity contribution in [2.24, 2.45) is 0 Å². The second-order valence-corrected chi connectivity index (χ2v) is 4.52. The van der Waals surface area contributed by atoms with E-state index in [1.807, 2.05) is 13.0 Å². The van der Waals surface area contributed by atoms with Crippen molar-refractivity contribution < 1.29 is 9.53 Å². The molecule has 19 heavy (non-hydrogen) atoms. The number of rotatable bonds is 3. The molecule has 0 bridgehead atoms. The van der Waals surface area contributed by atoms with E-state index in [0.717, 1.165) is 11.3 Å². The van der Waals surface area contributed by atoms with E-state index in [0.29, 0.717) is 17.3 Å². The summed E-state index contributed by atoms with van der Waals surface area (Å²) in [5.74, 6) is -0.467. The summed E-state index contributed by atoms with van der Waals surface area (Å²) >= 11 is 5.98. The quantitative estimate of drug-likeness (QED) is 0.811. The van der Waals surface area contributed by atoms with Crippen LogP contribution in [0.1, 0.15) is 28.7 Å². The summed E-state index contributed by atoms with van der Waals surface area (Å²) in [7, 11) is 0. The van der Waals surface area contributed by atoms with Gasteiger partial charge >= 0.3 is 5.97 Å². The number of hydrogen-bond donors (Lipinski definition) is 0. The third-order valence-corrected chi connectivity index (χ3v) is 3.00. The number of aryl methyl sites for hydroxylation is 1. The highest BCUT2D eigenvalue weighted by molar-refractivity contribution is 6.30. The van der Waals surface area contributed by atoms with Crippen molar-refractivity contribution in [2.45, 2.75) is 20.8 Å². The van der Waals surface area contributed by atoms with Crippen LogP contribution in [0.25, 0.3) is 5.69 Å². The highest BCUT2D eigenvalue weighted by atomic mass is 35.5. The van der Waals surface area contributed by atoms with E-state index in [2.05, 4.69) is 10.3 Å². The molecule has 1 aromatic heterocycles. The Kier molecular flexibility index (Phi) is 3.85. The van der Waals surface area contributed by atoms with Crippen LogP contribution >= 0.6 is 11.6 Å². The van der Waals surface area contributed by atoms with Gasteiger partial charge in [0.1, 0.15) is 0 Å². The molecular weight excluding hydrogens is 266 g/mol. The van der Waals surface area contributed by atoms with Crippen LogP contribution in [0.4, 0.5) is 0 Å². The SMILES string of the molecule is CCOC(=O)c1nnn(-c2cc(Cl)ccc2C)c1C. The zero-order chi connectivity index (χ0) is 14.0. The summed E-state index contributed by atoms with van der Waals surface area (Å²) in [6.07, 6.45) is 0. The fraction of sp³-hybridized carbons (Fsp3) is 0.308. The number of nitrogens with zero attached hydrogens (tertiary/aromatic N) is 3. The minimum atomic E-state index is -0.467. The number of ether oxygens (including phenoxy) is 1. The molecule has 0 saturated carbocycles. The highest BCUT2D eigenvalue weighted by Crippen LogP contribution is 2.21. The lowest BCUT2D eigenvalue weighted by Gasteiger charge is -2.07. The molecule has 0 saturated heterocycles. The Morgan fingerprint density at radius 3 is 2.84 bits per heavy atom. The standard InChI is InChI=1S/C13H14ClN3O2/c1-4-19-13(18)12-9(3)17(16-15-12)11-7-10(14)6-5-8(11)2/h5-7H,4H2,1-3H3. The molecule has 6 heteroatoms. The van der Waals surface area contributed by atoms with Crippen LogP contribution in [-0.4, -0.2) is 27.6 Å². The molecule has 0 amide bonds. The van der Waals surface area contributed by atoms with Crippen molar-refractivity contribution in [2.75, 3.05) is 6.61 Å². The maximum absolute atomic E-state index is 11.7. The van der Waals surface area contributed by atoms with Crippen LogP contribution < -0.4 is 0 Å². The Hall–Kier alpha value is -1.88. The first kappa shape index (κ1) is 13.5. The molecule has 2 aromatic rings. The van der Waals surface area contributed by atoms with E-state index in [9.17, 15) is 4.79 Å². The van der Waals surface area contributed by atoms with Crippen LogP contribution in [0.2, 0.25) is 5.02 Å². The molecule has 2 rings (SSSR count). The molecule has 0 aliphatic rings. The molecule has 100 valence electrons. The van der Waals surface area contributed by atoms with Crippen LogP contribution in [0, 0.1) is 13.8 Å². The zero-order valence-electron chi connectivity index (χ0n) is 11.0. The number of hydrogen-bond acceptors (Lipinski definition) is 4. The lowest BCUT2D eigenvalue weighted by Crippen LogP contribution is -2.08. The molecule has 0 atom stereocenters. The second-order valence-electron chi connectivity index (χ2n) is 4.09. The number of esters is 1. The van der Waals surface area contributed by atoms with Crippen LogP contribution in [0.3, 0.4) is 0 Å². The topological polar surface area (TPSA) is 57.0 Å². The first-order valence-corrected chi connectivity index (χ1v) is 6.28. The Morgan fingerprint density at radius 2 is 2.16 bits per heavy atom. The van der Waals surface area contributed by atoms with Gasteiger partial charge in [-0.25, -0.2) is 9.48 Å². The van der Waals surface area contributed by atoms with E-state index in [4.69, 9.17) is 16.3 Å². The number of aromatic nitrogens is 3. The Bertz CT molecular complexity index is 622. The third-order valence-electron chi connectivity index (χ3n) is 2.76. The van der Waals surface area contributed by atoms with Crippen LogP contribution in [0.15, 0.2) is 18.2 Å². The van der Waals surface area contributed by atoms with E-state index in [-0.39, 0.29) is 5.69 Å². The average Bonchev–Trinajstić information content (AvgIpc) is 2.74. The van der Waals surface area contributed by atoms with Gasteiger partial charge in [-0.1, -0.05) is 22.9 Å². The van der Waals surface area contributed by atoms with Crippen molar-refractivity contribution in [3.8, 4) is 5.69 Å². The smallest absolute Gasteiger partial charge is 0.360 e. The van der Waals surface area contributed by atoms with Gasteiger partial charge in [0, 0.05) is 5.02 Å². The first-order chi connectivity index (χ1) is 9.04. The fourth-order valence-electron chi connectivity index (χ4n) is 1.76. The van der Waals surface area contributed by atoms with Gasteiger partial charge < -0.3 is 4.74 Å². The minimum absolute atomic E-state index is 0.223. The summed E-state index contributed by atoms with van der Waals surface area (Å²) in [5.41, 5.74) is 2.64. The fourth-order valence-corrected chi connectivity index (χ4v) is 1.92. The number of carbonyl (C=O) groups excluding carboxylic acids is 1. The van der Waals surface area contributed by atoms with Crippen molar-refractivity contribution in [1.82, 2.24) is 15.0 Å². The maximum atomic E-state index is 11.7. The molecule has 1 heterocycles. The summed E-state index contributed by atoms with van der Waals surface area (Å²) in [6, 6.07) is 5.48. The molecule has 0 radical (unpaired) electrons. The van der Waals surface area contributed by atoms with Crippen molar-refractivity contribution in [1.29, 1.82) is 0 Å². The molecule has 0 spiro atoms. The van der Waals surface area contributed by atoms with Gasteiger partial charge in [-0.15, -0.1) is 5.10 Å². The summed E-state index contributed by atoms with van der Waals surface area (Å²) < 4.78 is 6.52. The molecule has 0 N–H and O–H groups in total. The number of halogens is 1. The van der Waals surface area contributed by atoms with Crippen LogP contribution in [-0.2, 0) is 4.74 Å². The van der Waals surface area contributed by atoms with E-state index < -0.39 is 5.97 Å². The Balaban J connectivity index is 2.47.